The zero-order valence-electron chi connectivity index (χ0n) is 22.6. The second-order valence-electron chi connectivity index (χ2n) is 8.96. The fraction of sp³-hybridized carbons (Fsp3) is 0.207. The monoisotopic (exact) mass is 559 g/mol. The Balaban J connectivity index is 0.000000699. The summed E-state index contributed by atoms with van der Waals surface area (Å²) in [6.45, 7) is 2.33. The predicted molar refractivity (Wildman–Crippen MR) is 153 cm³/mol. The Labute approximate surface area is 235 Å². The van der Waals surface area contributed by atoms with Crippen molar-refractivity contribution in [2.45, 2.75) is 19.8 Å². The zero-order chi connectivity index (χ0) is 29.2. The van der Waals surface area contributed by atoms with Crippen LogP contribution in [0.25, 0.3) is 5.65 Å². The molecule has 2 aromatic heterocycles. The molecule has 41 heavy (non-hydrogen) atoms. The third-order valence-electron chi connectivity index (χ3n) is 5.74. The van der Waals surface area contributed by atoms with Gasteiger partial charge in [-0.1, -0.05) is 18.2 Å². The topological polar surface area (TPSA) is 139 Å². The van der Waals surface area contributed by atoms with Crippen LogP contribution in [0.3, 0.4) is 0 Å². The van der Waals surface area contributed by atoms with E-state index < -0.39 is 17.6 Å². The van der Waals surface area contributed by atoms with Crippen molar-refractivity contribution in [3.05, 3.63) is 84.5 Å². The number of hydrogen-bond acceptors (Lipinski definition) is 8. The SMILES string of the molecule is CCN/C=C(\C(=O)Nc1ccccc1)C(=O)Nc1ccc(Oc2ccc3nc(NC)cn3n2)c(F)c1.O=CC1CC1. The summed E-state index contributed by atoms with van der Waals surface area (Å²) in [4.78, 5) is 39.4. The molecule has 2 aromatic carbocycles. The number of nitrogens with one attached hydrogen (secondary N) is 4. The highest BCUT2D eigenvalue weighted by atomic mass is 19.1. The molecule has 2 heterocycles. The molecule has 0 radical (unpaired) electrons. The van der Waals surface area contributed by atoms with Gasteiger partial charge in [0.25, 0.3) is 11.8 Å². The number of imidazole rings is 1. The van der Waals surface area contributed by atoms with E-state index in [-0.39, 0.29) is 22.9 Å². The number of aldehydes is 1. The number of carbonyl (C=O) groups is 3. The van der Waals surface area contributed by atoms with Gasteiger partial charge in [-0.2, -0.15) is 0 Å². The summed E-state index contributed by atoms with van der Waals surface area (Å²) in [6, 6.07) is 15.9. The number of fused-ring (bicyclic) bond motifs is 1. The quantitative estimate of drug-likeness (QED) is 0.0973. The summed E-state index contributed by atoms with van der Waals surface area (Å²) in [5.74, 6) is -0.874. The molecule has 11 nitrogen and oxygen atoms in total. The summed E-state index contributed by atoms with van der Waals surface area (Å²) in [5, 5.41) is 15.2. The fourth-order valence-corrected chi connectivity index (χ4v) is 3.40. The van der Waals surface area contributed by atoms with Gasteiger partial charge in [-0.15, -0.1) is 5.10 Å². The van der Waals surface area contributed by atoms with Crippen molar-refractivity contribution in [2.24, 2.45) is 5.92 Å². The molecule has 2 amide bonds. The second kappa shape index (κ2) is 13.7. The van der Waals surface area contributed by atoms with E-state index in [1.807, 2.05) is 13.0 Å². The van der Waals surface area contributed by atoms with Gasteiger partial charge in [0.2, 0.25) is 5.88 Å². The van der Waals surface area contributed by atoms with E-state index in [1.54, 1.807) is 49.6 Å². The summed E-state index contributed by atoms with van der Waals surface area (Å²) in [6.07, 6.45) is 6.30. The van der Waals surface area contributed by atoms with Crippen molar-refractivity contribution in [3.63, 3.8) is 0 Å². The minimum Gasteiger partial charge on any atom is -0.434 e. The first-order valence-electron chi connectivity index (χ1n) is 13.0. The van der Waals surface area contributed by atoms with Gasteiger partial charge in [-0.05, 0) is 50.1 Å². The van der Waals surface area contributed by atoms with Gasteiger partial charge < -0.3 is 30.8 Å². The van der Waals surface area contributed by atoms with Gasteiger partial charge in [0.15, 0.2) is 17.2 Å². The van der Waals surface area contributed by atoms with Crippen molar-refractivity contribution < 1.29 is 23.5 Å². The summed E-state index contributed by atoms with van der Waals surface area (Å²) in [5.41, 5.74) is 1.12. The molecular weight excluding hydrogens is 529 g/mol. The lowest BCUT2D eigenvalue weighted by atomic mass is 10.2. The number of amides is 2. The fourth-order valence-electron chi connectivity index (χ4n) is 3.40. The molecule has 212 valence electrons. The Morgan fingerprint density at radius 3 is 2.39 bits per heavy atom. The van der Waals surface area contributed by atoms with Gasteiger partial charge in [0, 0.05) is 49.2 Å². The highest BCUT2D eigenvalue weighted by Crippen LogP contribution is 2.26. The molecular formula is C29H30FN7O4. The normalized spacial score (nSPS) is 12.5. The van der Waals surface area contributed by atoms with Crippen LogP contribution in [-0.4, -0.2) is 46.3 Å². The van der Waals surface area contributed by atoms with Crippen LogP contribution < -0.4 is 26.0 Å². The third-order valence-corrected chi connectivity index (χ3v) is 5.74. The maximum absolute atomic E-state index is 14.8. The molecule has 4 aromatic rings. The predicted octanol–water partition coefficient (Wildman–Crippen LogP) is 4.37. The summed E-state index contributed by atoms with van der Waals surface area (Å²) < 4.78 is 21.8. The molecule has 0 saturated heterocycles. The Kier molecular flexibility index (Phi) is 9.60. The summed E-state index contributed by atoms with van der Waals surface area (Å²) in [7, 11) is 1.74. The van der Waals surface area contributed by atoms with Crippen LogP contribution in [0.2, 0.25) is 0 Å². The minimum absolute atomic E-state index is 0.0842. The van der Waals surface area contributed by atoms with E-state index >= 15 is 0 Å². The van der Waals surface area contributed by atoms with Crippen molar-refractivity contribution in [1.82, 2.24) is 19.9 Å². The second-order valence-corrected chi connectivity index (χ2v) is 8.96. The maximum atomic E-state index is 14.8. The number of carbonyl (C=O) groups excluding carboxylic acids is 3. The molecule has 0 atom stereocenters. The van der Waals surface area contributed by atoms with Crippen LogP contribution >= 0.6 is 0 Å². The number of anilines is 3. The molecule has 0 unspecified atom stereocenters. The van der Waals surface area contributed by atoms with Gasteiger partial charge >= 0.3 is 0 Å². The highest BCUT2D eigenvalue weighted by molar-refractivity contribution is 6.26. The first-order valence-corrected chi connectivity index (χ1v) is 13.0. The Hall–Kier alpha value is -5.26. The van der Waals surface area contributed by atoms with E-state index in [1.165, 1.54) is 22.8 Å². The number of para-hydroxylation sites is 1. The minimum atomic E-state index is -0.720. The first-order chi connectivity index (χ1) is 19.9. The van der Waals surface area contributed by atoms with Crippen LogP contribution in [0, 0.1) is 11.7 Å². The van der Waals surface area contributed by atoms with Gasteiger partial charge in [0.05, 0.1) is 6.20 Å². The molecule has 4 N–H and O–H groups in total. The van der Waals surface area contributed by atoms with Gasteiger partial charge in [-0.25, -0.2) is 13.9 Å². The van der Waals surface area contributed by atoms with Crippen LogP contribution in [0.1, 0.15) is 19.8 Å². The Morgan fingerprint density at radius 2 is 1.78 bits per heavy atom. The van der Waals surface area contributed by atoms with Gasteiger partial charge in [0.1, 0.15) is 17.7 Å². The van der Waals surface area contributed by atoms with Crippen molar-refractivity contribution in [2.75, 3.05) is 29.5 Å². The van der Waals surface area contributed by atoms with E-state index in [0.717, 1.165) is 25.2 Å². The number of aromatic nitrogens is 3. The first kappa shape index (κ1) is 28.7. The third kappa shape index (κ3) is 8.12. The lowest BCUT2D eigenvalue weighted by molar-refractivity contribution is -0.118. The van der Waals surface area contributed by atoms with Crippen molar-refractivity contribution in [1.29, 1.82) is 0 Å². The Morgan fingerprint density at radius 1 is 1.05 bits per heavy atom. The average Bonchev–Trinajstić information content (AvgIpc) is 3.73. The maximum Gasteiger partial charge on any atom is 0.262 e. The van der Waals surface area contributed by atoms with Crippen LogP contribution in [0.4, 0.5) is 21.6 Å². The van der Waals surface area contributed by atoms with E-state index in [4.69, 9.17) is 4.74 Å². The molecule has 0 bridgehead atoms. The lowest BCUT2D eigenvalue weighted by Gasteiger charge is -2.12. The van der Waals surface area contributed by atoms with Gasteiger partial charge in [-0.3, -0.25) is 9.59 Å². The molecule has 12 heteroatoms. The smallest absolute Gasteiger partial charge is 0.262 e. The number of nitrogens with zero attached hydrogens (tertiary/aromatic N) is 3. The molecule has 1 saturated carbocycles. The van der Waals surface area contributed by atoms with Crippen molar-refractivity contribution in [3.8, 4) is 11.6 Å². The van der Waals surface area contributed by atoms with E-state index in [0.29, 0.717) is 29.6 Å². The molecule has 0 aliphatic heterocycles. The number of benzene rings is 2. The zero-order valence-corrected chi connectivity index (χ0v) is 22.6. The number of halogens is 1. The van der Waals surface area contributed by atoms with E-state index in [9.17, 15) is 18.8 Å². The molecule has 1 aliphatic carbocycles. The standard InChI is InChI=1S/C25H24FN7O3.C4H6O/c1-3-28-14-18(24(34)29-16-7-5-4-6-8-16)25(35)30-17-9-10-20(19(26)13-17)36-23-12-11-22-31-21(27-2)15-33(22)32-23;5-3-4-1-2-4/h4-15,27-28H,3H2,1-2H3,(H,29,34)(H,30,35);3-4H,1-2H2/b18-14+;. The summed E-state index contributed by atoms with van der Waals surface area (Å²) >= 11 is 0. The number of ether oxygens (including phenoxy) is 1. The lowest BCUT2D eigenvalue weighted by Crippen LogP contribution is -2.27. The van der Waals surface area contributed by atoms with Crippen LogP contribution in [0.5, 0.6) is 11.6 Å². The number of rotatable bonds is 10. The molecule has 5 rings (SSSR count). The number of hydrogen-bond donors (Lipinski definition) is 4. The molecule has 1 fully saturated rings. The largest absolute Gasteiger partial charge is 0.434 e. The van der Waals surface area contributed by atoms with Crippen LogP contribution in [-0.2, 0) is 14.4 Å². The Bertz CT molecular complexity index is 1550. The average molecular weight is 560 g/mol. The highest BCUT2D eigenvalue weighted by Gasteiger charge is 2.20. The van der Waals surface area contributed by atoms with E-state index in [2.05, 4.69) is 31.3 Å². The van der Waals surface area contributed by atoms with Crippen molar-refractivity contribution >= 4 is 40.9 Å². The molecule has 1 aliphatic rings. The van der Waals surface area contributed by atoms with Crippen LogP contribution in [0.15, 0.2) is 78.6 Å². The molecule has 0 spiro atoms.